The summed E-state index contributed by atoms with van der Waals surface area (Å²) in [4.78, 5) is 12.1. The topological polar surface area (TPSA) is 64.3 Å². The Balaban J connectivity index is 1.86. The molecule has 0 aliphatic heterocycles. The first-order chi connectivity index (χ1) is 10.0. The van der Waals surface area contributed by atoms with Gasteiger partial charge in [0.05, 0.1) is 6.10 Å². The second-order valence-electron chi connectivity index (χ2n) is 7.14. The number of rotatable bonds is 7. The second kappa shape index (κ2) is 7.59. The molecule has 0 heterocycles. The summed E-state index contributed by atoms with van der Waals surface area (Å²) in [5.74, 6) is 0.136. The number of ether oxygens (including phenoxy) is 1. The molecule has 2 unspecified atom stereocenters. The van der Waals surface area contributed by atoms with E-state index >= 15 is 0 Å². The zero-order chi connectivity index (χ0) is 15.3. The van der Waals surface area contributed by atoms with Gasteiger partial charge in [-0.2, -0.15) is 0 Å². The average molecular weight is 296 g/mol. The van der Waals surface area contributed by atoms with Crippen molar-refractivity contribution in [3.63, 3.8) is 0 Å². The van der Waals surface area contributed by atoms with E-state index in [0.29, 0.717) is 12.0 Å². The highest BCUT2D eigenvalue weighted by Gasteiger charge is 2.47. The number of carbonyl (C=O) groups is 1. The summed E-state index contributed by atoms with van der Waals surface area (Å²) in [7, 11) is 0. The molecule has 0 aromatic carbocycles. The maximum Gasteiger partial charge on any atom is 0.238 e. The van der Waals surface area contributed by atoms with Gasteiger partial charge in [0.15, 0.2) is 0 Å². The summed E-state index contributed by atoms with van der Waals surface area (Å²) >= 11 is 0. The maximum absolute atomic E-state index is 12.1. The number of hydrogen-bond acceptors (Lipinski definition) is 3. The fourth-order valence-corrected chi connectivity index (χ4v) is 4.18. The lowest BCUT2D eigenvalue weighted by Crippen LogP contribution is -2.60. The molecule has 0 spiro atoms. The Morgan fingerprint density at radius 2 is 1.95 bits per heavy atom. The SMILES string of the molecule is CC(C)NC1(C(N)=O)CCCC1CCOC1CCCCC1. The first-order valence-electron chi connectivity index (χ1n) is 8.74. The third-order valence-electron chi connectivity index (χ3n) is 5.18. The number of nitrogens with one attached hydrogen (secondary N) is 1. The van der Waals surface area contributed by atoms with Crippen molar-refractivity contribution < 1.29 is 9.53 Å². The number of amides is 1. The van der Waals surface area contributed by atoms with Gasteiger partial charge in [-0.05, 0) is 51.9 Å². The molecule has 122 valence electrons. The monoisotopic (exact) mass is 296 g/mol. The number of primary amides is 1. The molecule has 4 nitrogen and oxygen atoms in total. The highest BCUT2D eigenvalue weighted by molar-refractivity contribution is 5.85. The zero-order valence-corrected chi connectivity index (χ0v) is 13.7. The second-order valence-corrected chi connectivity index (χ2v) is 7.14. The van der Waals surface area contributed by atoms with Crippen molar-refractivity contribution in [2.45, 2.75) is 89.3 Å². The minimum absolute atomic E-state index is 0.184. The van der Waals surface area contributed by atoms with Crippen LogP contribution >= 0.6 is 0 Å². The summed E-state index contributed by atoms with van der Waals surface area (Å²) in [6.45, 7) is 4.93. The van der Waals surface area contributed by atoms with Crippen LogP contribution in [0.25, 0.3) is 0 Å². The predicted molar refractivity (Wildman–Crippen MR) is 85.0 cm³/mol. The number of carbonyl (C=O) groups excluding carboxylic acids is 1. The predicted octanol–water partition coefficient (Wildman–Crippen LogP) is 2.75. The van der Waals surface area contributed by atoms with Crippen LogP contribution in [0.5, 0.6) is 0 Å². The largest absolute Gasteiger partial charge is 0.378 e. The van der Waals surface area contributed by atoms with Gasteiger partial charge >= 0.3 is 0 Å². The molecule has 0 aromatic heterocycles. The standard InChI is InChI=1S/C17H32N2O2/c1-13(2)19-17(16(18)20)11-6-7-14(17)10-12-21-15-8-4-3-5-9-15/h13-15,19H,3-12H2,1-2H3,(H2,18,20). The van der Waals surface area contributed by atoms with Crippen LogP contribution in [0, 0.1) is 5.92 Å². The average Bonchev–Trinajstić information content (AvgIpc) is 2.83. The van der Waals surface area contributed by atoms with E-state index in [1.54, 1.807) is 0 Å². The molecule has 3 N–H and O–H groups in total. The molecule has 2 fully saturated rings. The van der Waals surface area contributed by atoms with Crippen LogP contribution in [-0.2, 0) is 9.53 Å². The van der Waals surface area contributed by atoms with E-state index in [0.717, 1.165) is 32.3 Å². The molecule has 0 radical (unpaired) electrons. The Morgan fingerprint density at radius 3 is 2.57 bits per heavy atom. The molecule has 2 atom stereocenters. The van der Waals surface area contributed by atoms with E-state index in [1.807, 2.05) is 0 Å². The Kier molecular flexibility index (Phi) is 6.06. The van der Waals surface area contributed by atoms with Crippen molar-refractivity contribution in [3.05, 3.63) is 0 Å². The highest BCUT2D eigenvalue weighted by Crippen LogP contribution is 2.38. The lowest BCUT2D eigenvalue weighted by molar-refractivity contribution is -0.126. The van der Waals surface area contributed by atoms with Gasteiger partial charge in [0.1, 0.15) is 5.54 Å². The Hall–Kier alpha value is -0.610. The Bertz CT molecular complexity index is 340. The number of nitrogens with two attached hydrogens (primary N) is 1. The van der Waals surface area contributed by atoms with Crippen LogP contribution < -0.4 is 11.1 Å². The summed E-state index contributed by atoms with van der Waals surface area (Å²) in [5.41, 5.74) is 5.23. The molecule has 2 saturated carbocycles. The van der Waals surface area contributed by atoms with Crippen LogP contribution in [0.15, 0.2) is 0 Å². The van der Waals surface area contributed by atoms with Gasteiger partial charge in [0.2, 0.25) is 5.91 Å². The van der Waals surface area contributed by atoms with Gasteiger partial charge in [0, 0.05) is 12.6 Å². The van der Waals surface area contributed by atoms with E-state index in [4.69, 9.17) is 10.5 Å². The van der Waals surface area contributed by atoms with Crippen LogP contribution in [0.4, 0.5) is 0 Å². The Labute approximate surface area is 129 Å². The molecule has 1 amide bonds. The van der Waals surface area contributed by atoms with E-state index in [2.05, 4.69) is 19.2 Å². The normalized spacial score (nSPS) is 30.9. The fraction of sp³-hybridized carbons (Fsp3) is 0.941. The molecule has 2 aliphatic rings. The third-order valence-corrected chi connectivity index (χ3v) is 5.18. The minimum Gasteiger partial charge on any atom is -0.378 e. The molecule has 2 aliphatic carbocycles. The van der Waals surface area contributed by atoms with E-state index in [1.165, 1.54) is 32.1 Å². The van der Waals surface area contributed by atoms with Crippen LogP contribution in [0.1, 0.15) is 71.6 Å². The molecule has 21 heavy (non-hydrogen) atoms. The summed E-state index contributed by atoms with van der Waals surface area (Å²) in [6, 6.07) is 0.275. The van der Waals surface area contributed by atoms with E-state index in [-0.39, 0.29) is 11.9 Å². The summed E-state index contributed by atoms with van der Waals surface area (Å²) < 4.78 is 6.04. The number of hydrogen-bond donors (Lipinski definition) is 2. The fourth-order valence-electron chi connectivity index (χ4n) is 4.18. The van der Waals surface area contributed by atoms with E-state index in [9.17, 15) is 4.79 Å². The molecule has 0 aromatic rings. The molecule has 2 rings (SSSR count). The van der Waals surface area contributed by atoms with Crippen LogP contribution in [-0.4, -0.2) is 30.2 Å². The zero-order valence-electron chi connectivity index (χ0n) is 13.7. The third kappa shape index (κ3) is 4.19. The Morgan fingerprint density at radius 1 is 1.24 bits per heavy atom. The highest BCUT2D eigenvalue weighted by atomic mass is 16.5. The lowest BCUT2D eigenvalue weighted by Gasteiger charge is -2.36. The van der Waals surface area contributed by atoms with Gasteiger partial charge in [-0.15, -0.1) is 0 Å². The first kappa shape index (κ1) is 16.8. The maximum atomic E-state index is 12.1. The van der Waals surface area contributed by atoms with Gasteiger partial charge in [0.25, 0.3) is 0 Å². The molecule has 0 bridgehead atoms. The summed E-state index contributed by atoms with van der Waals surface area (Å²) in [6.07, 6.45) is 10.8. The van der Waals surface area contributed by atoms with Crippen LogP contribution in [0.2, 0.25) is 0 Å². The first-order valence-corrected chi connectivity index (χ1v) is 8.74. The smallest absolute Gasteiger partial charge is 0.238 e. The van der Waals surface area contributed by atoms with Crippen molar-refractivity contribution in [1.82, 2.24) is 5.32 Å². The lowest BCUT2D eigenvalue weighted by atomic mass is 9.83. The molecule has 4 heteroatoms. The quantitative estimate of drug-likeness (QED) is 0.759. The van der Waals surface area contributed by atoms with Crippen molar-refractivity contribution >= 4 is 5.91 Å². The van der Waals surface area contributed by atoms with Gasteiger partial charge in [-0.3, -0.25) is 4.79 Å². The van der Waals surface area contributed by atoms with Crippen molar-refractivity contribution in [2.24, 2.45) is 11.7 Å². The molecular formula is C17H32N2O2. The van der Waals surface area contributed by atoms with Crippen LogP contribution in [0.3, 0.4) is 0 Å². The van der Waals surface area contributed by atoms with Crippen molar-refractivity contribution in [3.8, 4) is 0 Å². The van der Waals surface area contributed by atoms with Gasteiger partial charge < -0.3 is 15.8 Å². The minimum atomic E-state index is -0.510. The summed E-state index contributed by atoms with van der Waals surface area (Å²) in [5, 5.41) is 3.46. The molecule has 0 saturated heterocycles. The van der Waals surface area contributed by atoms with Crippen molar-refractivity contribution in [1.29, 1.82) is 0 Å². The molecular weight excluding hydrogens is 264 g/mol. The van der Waals surface area contributed by atoms with Gasteiger partial charge in [-0.1, -0.05) is 25.7 Å². The van der Waals surface area contributed by atoms with E-state index < -0.39 is 5.54 Å². The van der Waals surface area contributed by atoms with Crippen molar-refractivity contribution in [2.75, 3.05) is 6.61 Å². The van der Waals surface area contributed by atoms with Gasteiger partial charge in [-0.25, -0.2) is 0 Å².